The number of carbonyl (C=O) groups is 1. The van der Waals surface area contributed by atoms with Crippen LogP contribution >= 0.6 is 15.9 Å². The summed E-state index contributed by atoms with van der Waals surface area (Å²) in [5, 5.41) is 2.71. The van der Waals surface area contributed by atoms with Crippen molar-refractivity contribution in [3.63, 3.8) is 0 Å². The quantitative estimate of drug-likeness (QED) is 0.795. The maximum Gasteiger partial charge on any atom is 0.418 e. The van der Waals surface area contributed by atoms with Crippen LogP contribution in [0.1, 0.15) is 18.1 Å². The third-order valence-corrected chi connectivity index (χ3v) is 4.37. The van der Waals surface area contributed by atoms with Crippen LogP contribution < -0.4 is 15.8 Å². The third-order valence-electron chi connectivity index (χ3n) is 3.94. The molecule has 0 aliphatic carbocycles. The summed E-state index contributed by atoms with van der Waals surface area (Å²) < 4.78 is 11.6. The molecule has 0 fully saturated rings. The van der Waals surface area contributed by atoms with Crippen LogP contribution in [0.5, 0.6) is 5.88 Å². The van der Waals surface area contributed by atoms with Gasteiger partial charge < -0.3 is 15.2 Å². The molecule has 0 radical (unpaired) electrons. The lowest BCUT2D eigenvalue weighted by molar-refractivity contribution is 0.106. The molecule has 0 unspecified atom stereocenters. The number of nitrogens with one attached hydrogen (secondary N) is 1. The van der Waals surface area contributed by atoms with Gasteiger partial charge in [0, 0.05) is 21.9 Å². The van der Waals surface area contributed by atoms with Gasteiger partial charge in [0.2, 0.25) is 5.88 Å². The molecule has 2 aromatic rings. The van der Waals surface area contributed by atoms with E-state index >= 15 is 0 Å². The van der Waals surface area contributed by atoms with Gasteiger partial charge in [-0.15, -0.1) is 0 Å². The number of halogens is 1. The van der Waals surface area contributed by atoms with Gasteiger partial charge in [0.25, 0.3) is 0 Å². The number of pyridine rings is 1. The Bertz CT molecular complexity index is 871. The number of hydrogen-bond donors (Lipinski definition) is 2. The van der Waals surface area contributed by atoms with Crippen molar-refractivity contribution in [3.8, 4) is 5.88 Å². The summed E-state index contributed by atoms with van der Waals surface area (Å²) in [7, 11) is 0. The zero-order valence-corrected chi connectivity index (χ0v) is 16.0. The fourth-order valence-electron chi connectivity index (χ4n) is 2.68. The number of ether oxygens (including phenoxy) is 2. The summed E-state index contributed by atoms with van der Waals surface area (Å²) in [6.45, 7) is 4.50. The van der Waals surface area contributed by atoms with Gasteiger partial charge in [0.1, 0.15) is 18.0 Å². The van der Waals surface area contributed by atoms with Crippen LogP contribution in [0.2, 0.25) is 0 Å². The van der Waals surface area contributed by atoms with E-state index in [1.54, 1.807) is 12.3 Å². The molecule has 3 N–H and O–H groups in total. The smallest absolute Gasteiger partial charge is 0.391 e. The minimum atomic E-state index is -0.617. The topological polar surface area (TPSA) is 98.8 Å². The summed E-state index contributed by atoms with van der Waals surface area (Å²) in [5.41, 5.74) is 7.43. The van der Waals surface area contributed by atoms with Crippen LogP contribution in [0, 0.1) is 6.92 Å². The number of aryl methyl sites for hydroxylation is 1. The molecule has 1 aromatic heterocycles. The predicted octanol–water partition coefficient (Wildman–Crippen LogP) is 3.37. The van der Waals surface area contributed by atoms with E-state index in [-0.39, 0.29) is 5.88 Å². The number of nitrogens with zero attached hydrogens (tertiary/aromatic N) is 2. The molecular weight excluding hydrogens is 400 g/mol. The average Bonchev–Trinajstić information content (AvgIpc) is 2.57. The van der Waals surface area contributed by atoms with E-state index in [0.29, 0.717) is 24.7 Å². The number of amides is 1. The van der Waals surface area contributed by atoms with Gasteiger partial charge in [-0.3, -0.25) is 10.3 Å². The van der Waals surface area contributed by atoms with Crippen molar-refractivity contribution in [1.29, 1.82) is 0 Å². The first-order chi connectivity index (χ1) is 12.4. The highest BCUT2D eigenvalue weighted by molar-refractivity contribution is 9.10. The van der Waals surface area contributed by atoms with Crippen LogP contribution in [-0.2, 0) is 10.3 Å². The van der Waals surface area contributed by atoms with Crippen LogP contribution in [0.4, 0.5) is 10.5 Å². The molecule has 0 saturated heterocycles. The molecular formula is C18H19BrN4O3. The Morgan fingerprint density at radius 1 is 1.42 bits per heavy atom. The molecule has 1 aliphatic heterocycles. The summed E-state index contributed by atoms with van der Waals surface area (Å²) in [6.07, 6.45) is 0.955. The first-order valence-corrected chi connectivity index (χ1v) is 8.78. The fraction of sp³-hybridized carbons (Fsp3) is 0.278. The van der Waals surface area contributed by atoms with Crippen molar-refractivity contribution in [3.05, 3.63) is 52.1 Å². The lowest BCUT2D eigenvalue weighted by Crippen LogP contribution is -2.37. The van der Waals surface area contributed by atoms with Crippen molar-refractivity contribution in [2.45, 2.75) is 19.4 Å². The second-order valence-corrected chi connectivity index (χ2v) is 7.16. The molecule has 1 amide bonds. The summed E-state index contributed by atoms with van der Waals surface area (Å²) in [4.78, 5) is 20.8. The third kappa shape index (κ3) is 4.20. The molecule has 0 spiro atoms. The van der Waals surface area contributed by atoms with Crippen molar-refractivity contribution < 1.29 is 14.3 Å². The van der Waals surface area contributed by atoms with E-state index in [4.69, 9.17) is 15.2 Å². The Balaban J connectivity index is 1.74. The van der Waals surface area contributed by atoms with Crippen LogP contribution in [0.15, 0.2) is 46.0 Å². The zero-order chi connectivity index (χ0) is 18.7. The van der Waals surface area contributed by atoms with Gasteiger partial charge in [0.15, 0.2) is 0 Å². The Kier molecular flexibility index (Phi) is 5.24. The number of anilines is 1. The molecule has 1 aromatic carbocycles. The monoisotopic (exact) mass is 418 g/mol. The number of hydrogen-bond acceptors (Lipinski definition) is 6. The Morgan fingerprint density at radius 2 is 2.23 bits per heavy atom. The van der Waals surface area contributed by atoms with Crippen LogP contribution in [0.25, 0.3) is 0 Å². The summed E-state index contributed by atoms with van der Waals surface area (Å²) >= 11 is 3.32. The normalized spacial score (nSPS) is 19.6. The fourth-order valence-corrected chi connectivity index (χ4v) is 3.13. The molecule has 1 aliphatic rings. The highest BCUT2D eigenvalue weighted by Crippen LogP contribution is 2.30. The van der Waals surface area contributed by atoms with E-state index in [2.05, 4.69) is 31.2 Å². The number of rotatable bonds is 3. The number of nitrogens with two attached hydrogens (primary N) is 1. The molecule has 0 bridgehead atoms. The Hall–Kier alpha value is -2.45. The van der Waals surface area contributed by atoms with Crippen molar-refractivity contribution in [2.24, 2.45) is 10.7 Å². The Labute approximate surface area is 159 Å². The Morgan fingerprint density at radius 3 is 2.96 bits per heavy atom. The van der Waals surface area contributed by atoms with E-state index in [9.17, 15) is 4.79 Å². The largest absolute Gasteiger partial charge is 0.418 e. The number of benzene rings is 1. The molecule has 7 nitrogen and oxygen atoms in total. The highest BCUT2D eigenvalue weighted by Gasteiger charge is 2.30. The second-order valence-electron chi connectivity index (χ2n) is 6.24. The zero-order valence-electron chi connectivity index (χ0n) is 14.5. The molecule has 26 heavy (non-hydrogen) atoms. The van der Waals surface area contributed by atoms with E-state index in [1.807, 2.05) is 38.1 Å². The number of carbonyl (C=O) groups excluding carboxylic acids is 1. The minimum Gasteiger partial charge on any atom is -0.391 e. The first kappa shape index (κ1) is 18.3. The second kappa shape index (κ2) is 7.43. The summed E-state index contributed by atoms with van der Waals surface area (Å²) in [6, 6.07) is 9.17. The van der Waals surface area contributed by atoms with Crippen molar-refractivity contribution in [2.75, 3.05) is 18.5 Å². The lowest BCUT2D eigenvalue weighted by atomic mass is 9.92. The summed E-state index contributed by atoms with van der Waals surface area (Å²) in [5.74, 6) is 0.709. The SMILES string of the molecule is Cc1cc(Br)cnc1OC(=O)Nc1cccc([C@]2(C)COCC(N)=N2)c1. The molecule has 3 rings (SSSR count). The van der Waals surface area contributed by atoms with Crippen molar-refractivity contribution in [1.82, 2.24) is 4.98 Å². The maximum absolute atomic E-state index is 12.2. The van der Waals surface area contributed by atoms with E-state index in [1.165, 1.54) is 0 Å². The first-order valence-electron chi connectivity index (χ1n) is 7.99. The van der Waals surface area contributed by atoms with Crippen molar-refractivity contribution >= 4 is 33.5 Å². The van der Waals surface area contributed by atoms with Gasteiger partial charge in [-0.2, -0.15) is 0 Å². The standard InChI is InChI=1S/C18H19BrN4O3/c1-11-6-13(19)8-21-16(11)26-17(24)22-14-5-3-4-12(7-14)18(2)10-25-9-15(20)23-18/h3-8H,9-10H2,1-2H3,(H2,20,23)(H,22,24)/t18-/m0/s1. The molecule has 0 saturated carbocycles. The molecule has 8 heteroatoms. The molecule has 2 heterocycles. The van der Waals surface area contributed by atoms with Gasteiger partial charge in [-0.1, -0.05) is 12.1 Å². The van der Waals surface area contributed by atoms with Crippen LogP contribution in [0.3, 0.4) is 0 Å². The number of aromatic nitrogens is 1. The maximum atomic E-state index is 12.2. The number of aliphatic imine (C=N–C) groups is 1. The number of amidine groups is 1. The van der Waals surface area contributed by atoms with E-state index < -0.39 is 11.6 Å². The molecule has 136 valence electrons. The molecule has 1 atom stereocenters. The predicted molar refractivity (Wildman–Crippen MR) is 103 cm³/mol. The van der Waals surface area contributed by atoms with Gasteiger partial charge in [0.05, 0.1) is 6.61 Å². The average molecular weight is 419 g/mol. The lowest BCUT2D eigenvalue weighted by Gasteiger charge is -2.30. The van der Waals surface area contributed by atoms with Gasteiger partial charge in [-0.25, -0.2) is 9.78 Å². The minimum absolute atomic E-state index is 0.256. The van der Waals surface area contributed by atoms with Crippen LogP contribution in [-0.4, -0.2) is 30.1 Å². The highest BCUT2D eigenvalue weighted by atomic mass is 79.9. The van der Waals surface area contributed by atoms with Gasteiger partial charge >= 0.3 is 6.09 Å². The van der Waals surface area contributed by atoms with E-state index in [0.717, 1.165) is 15.6 Å². The van der Waals surface area contributed by atoms with Gasteiger partial charge in [-0.05, 0) is 53.5 Å².